The van der Waals surface area contributed by atoms with E-state index in [1.807, 2.05) is 6.92 Å². The van der Waals surface area contributed by atoms with E-state index in [2.05, 4.69) is 19.1 Å². The minimum absolute atomic E-state index is 0.230. The lowest BCUT2D eigenvalue weighted by molar-refractivity contribution is -0.120. The molecule has 2 N–H and O–H groups in total. The van der Waals surface area contributed by atoms with E-state index in [-0.39, 0.29) is 11.8 Å². The predicted molar refractivity (Wildman–Crippen MR) is 103 cm³/mol. The van der Waals surface area contributed by atoms with Crippen LogP contribution in [0.2, 0.25) is 0 Å². The molecular weight excluding hydrogens is 282 g/mol. The Morgan fingerprint density at radius 3 is 1.78 bits per heavy atom. The van der Waals surface area contributed by atoms with Gasteiger partial charge in [0.25, 0.3) is 0 Å². The number of ketones is 1. The monoisotopic (exact) mass is 323 g/mol. The first-order chi connectivity index (χ1) is 11.2. The molecule has 0 aliphatic carbocycles. The molecule has 23 heavy (non-hydrogen) atoms. The average molecular weight is 324 g/mol. The maximum Gasteiger partial charge on any atom is 0.149 e. The third-order valence-electron chi connectivity index (χ3n) is 4.54. The fourth-order valence-corrected chi connectivity index (χ4v) is 2.78. The van der Waals surface area contributed by atoms with Gasteiger partial charge >= 0.3 is 0 Å². The molecule has 0 aliphatic heterocycles. The van der Waals surface area contributed by atoms with Crippen LogP contribution in [0, 0.1) is 0 Å². The van der Waals surface area contributed by atoms with Gasteiger partial charge in [0.15, 0.2) is 0 Å². The van der Waals surface area contributed by atoms with Crippen molar-refractivity contribution in [2.75, 3.05) is 0 Å². The van der Waals surface area contributed by atoms with Crippen molar-refractivity contribution in [1.29, 1.82) is 0 Å². The van der Waals surface area contributed by atoms with Gasteiger partial charge in [0.2, 0.25) is 0 Å². The number of hydrogen-bond donors (Lipinski definition) is 1. The Bertz CT molecular complexity index is 286. The van der Waals surface area contributed by atoms with Gasteiger partial charge in [-0.15, -0.1) is 0 Å². The highest BCUT2D eigenvalue weighted by atomic mass is 16.1. The van der Waals surface area contributed by atoms with Crippen LogP contribution in [0.25, 0.3) is 0 Å². The van der Waals surface area contributed by atoms with Crippen LogP contribution in [0.15, 0.2) is 12.2 Å². The van der Waals surface area contributed by atoms with Gasteiger partial charge in [-0.05, 0) is 38.5 Å². The number of unbranched alkanes of at least 4 members (excludes halogenated alkanes) is 11. The standard InChI is InChI=1S/C21H41NO/c1-3-5-6-7-8-9-10-11-12-13-14-15-16-17-18-19-21(23)20(22)4-2/h11-12,20H,3-10,13-19,22H2,1-2H3. The highest BCUT2D eigenvalue weighted by molar-refractivity contribution is 5.83. The van der Waals surface area contributed by atoms with Crippen molar-refractivity contribution in [3.05, 3.63) is 12.2 Å². The summed E-state index contributed by atoms with van der Waals surface area (Å²) in [4.78, 5) is 11.6. The summed E-state index contributed by atoms with van der Waals surface area (Å²) in [5, 5.41) is 0. The molecule has 0 saturated carbocycles. The molecule has 0 fully saturated rings. The van der Waals surface area contributed by atoms with Gasteiger partial charge in [-0.25, -0.2) is 0 Å². The zero-order valence-corrected chi connectivity index (χ0v) is 15.8. The van der Waals surface area contributed by atoms with Gasteiger partial charge in [-0.2, -0.15) is 0 Å². The average Bonchev–Trinajstić information content (AvgIpc) is 2.57. The largest absolute Gasteiger partial charge is 0.322 e. The summed E-state index contributed by atoms with van der Waals surface area (Å²) in [6.45, 7) is 4.24. The van der Waals surface area contributed by atoms with Gasteiger partial charge in [0.05, 0.1) is 6.04 Å². The van der Waals surface area contributed by atoms with Crippen LogP contribution in [0.4, 0.5) is 0 Å². The molecule has 0 amide bonds. The molecule has 0 saturated heterocycles. The van der Waals surface area contributed by atoms with Gasteiger partial charge < -0.3 is 5.73 Å². The number of Topliss-reactive ketones (excluding diaryl/α,β-unsaturated/α-hetero) is 1. The molecule has 0 aromatic carbocycles. The quantitative estimate of drug-likeness (QED) is 0.251. The summed E-state index contributed by atoms with van der Waals surface area (Å²) >= 11 is 0. The van der Waals surface area contributed by atoms with Crippen LogP contribution in [0.1, 0.15) is 110 Å². The van der Waals surface area contributed by atoms with Gasteiger partial charge in [0, 0.05) is 6.42 Å². The number of carbonyl (C=O) groups is 1. The third-order valence-corrected chi connectivity index (χ3v) is 4.54. The van der Waals surface area contributed by atoms with Crippen LogP contribution < -0.4 is 5.73 Å². The third kappa shape index (κ3) is 16.0. The second kappa shape index (κ2) is 17.7. The van der Waals surface area contributed by atoms with E-state index < -0.39 is 0 Å². The molecule has 0 aromatic heterocycles. The maximum atomic E-state index is 11.6. The van der Waals surface area contributed by atoms with Gasteiger partial charge in [-0.1, -0.05) is 77.4 Å². The van der Waals surface area contributed by atoms with Crippen LogP contribution in [0.5, 0.6) is 0 Å². The summed E-state index contributed by atoms with van der Waals surface area (Å²) in [7, 11) is 0. The molecular formula is C21H41NO. The summed E-state index contributed by atoms with van der Waals surface area (Å²) in [6.07, 6.45) is 23.0. The van der Waals surface area contributed by atoms with E-state index in [9.17, 15) is 4.79 Å². The number of allylic oxidation sites excluding steroid dienone is 2. The molecule has 0 bridgehead atoms. The first-order valence-electron chi connectivity index (χ1n) is 10.2. The van der Waals surface area contributed by atoms with Crippen LogP contribution in [-0.4, -0.2) is 11.8 Å². The first-order valence-corrected chi connectivity index (χ1v) is 10.2. The molecule has 0 spiro atoms. The minimum Gasteiger partial charge on any atom is -0.322 e. The maximum absolute atomic E-state index is 11.6. The lowest BCUT2D eigenvalue weighted by Gasteiger charge is -2.06. The van der Waals surface area contributed by atoms with Crippen LogP contribution in [0.3, 0.4) is 0 Å². The smallest absolute Gasteiger partial charge is 0.149 e. The molecule has 0 rings (SSSR count). The Balaban J connectivity index is 3.21. The highest BCUT2D eigenvalue weighted by Crippen LogP contribution is 2.10. The van der Waals surface area contributed by atoms with Gasteiger partial charge in [0.1, 0.15) is 5.78 Å². The van der Waals surface area contributed by atoms with Crippen molar-refractivity contribution in [3.8, 4) is 0 Å². The number of hydrogen-bond acceptors (Lipinski definition) is 2. The van der Waals surface area contributed by atoms with E-state index in [1.165, 1.54) is 77.0 Å². The van der Waals surface area contributed by atoms with E-state index in [0.717, 1.165) is 12.8 Å². The summed E-state index contributed by atoms with van der Waals surface area (Å²) < 4.78 is 0. The van der Waals surface area contributed by atoms with Crippen LogP contribution in [-0.2, 0) is 4.79 Å². The van der Waals surface area contributed by atoms with Crippen molar-refractivity contribution in [3.63, 3.8) is 0 Å². The highest BCUT2D eigenvalue weighted by Gasteiger charge is 2.09. The Labute approximate surface area is 145 Å². The topological polar surface area (TPSA) is 43.1 Å². The van der Waals surface area contributed by atoms with Crippen molar-refractivity contribution in [2.24, 2.45) is 5.73 Å². The summed E-state index contributed by atoms with van der Waals surface area (Å²) in [6, 6.07) is -0.230. The zero-order chi connectivity index (χ0) is 17.2. The lowest BCUT2D eigenvalue weighted by atomic mass is 10.0. The molecule has 136 valence electrons. The molecule has 0 aromatic rings. The predicted octanol–water partition coefficient (Wildman–Crippen LogP) is 6.33. The molecule has 0 radical (unpaired) electrons. The fourth-order valence-electron chi connectivity index (χ4n) is 2.78. The summed E-state index contributed by atoms with van der Waals surface area (Å²) in [5.41, 5.74) is 5.72. The first kappa shape index (κ1) is 22.4. The Hall–Kier alpha value is -0.630. The Morgan fingerprint density at radius 2 is 1.26 bits per heavy atom. The molecule has 2 heteroatoms. The van der Waals surface area contributed by atoms with E-state index in [4.69, 9.17) is 5.73 Å². The van der Waals surface area contributed by atoms with Gasteiger partial charge in [-0.3, -0.25) is 4.79 Å². The number of carbonyl (C=O) groups excluding carboxylic acids is 1. The normalized spacial score (nSPS) is 12.8. The molecule has 0 heterocycles. The van der Waals surface area contributed by atoms with E-state index >= 15 is 0 Å². The fraction of sp³-hybridized carbons (Fsp3) is 0.857. The SMILES string of the molecule is CCCCCCCCC=CCCCCCCCC(=O)C(N)CC. The summed E-state index contributed by atoms with van der Waals surface area (Å²) in [5.74, 6) is 0.241. The molecule has 0 aliphatic rings. The van der Waals surface area contributed by atoms with Crippen molar-refractivity contribution >= 4 is 5.78 Å². The van der Waals surface area contributed by atoms with Crippen molar-refractivity contribution < 1.29 is 4.79 Å². The second-order valence-electron chi connectivity index (χ2n) is 6.82. The molecule has 2 nitrogen and oxygen atoms in total. The Kier molecular flexibility index (Phi) is 17.2. The van der Waals surface area contributed by atoms with Crippen molar-refractivity contribution in [2.45, 2.75) is 116 Å². The molecule has 1 atom stereocenters. The number of rotatable bonds is 17. The molecule has 1 unspecified atom stereocenters. The minimum atomic E-state index is -0.230. The zero-order valence-electron chi connectivity index (χ0n) is 15.8. The van der Waals surface area contributed by atoms with Crippen LogP contribution >= 0.6 is 0 Å². The Morgan fingerprint density at radius 1 is 0.783 bits per heavy atom. The lowest BCUT2D eigenvalue weighted by Crippen LogP contribution is -2.29. The van der Waals surface area contributed by atoms with E-state index in [1.54, 1.807) is 0 Å². The second-order valence-corrected chi connectivity index (χ2v) is 6.82. The van der Waals surface area contributed by atoms with Crippen molar-refractivity contribution in [1.82, 2.24) is 0 Å². The van der Waals surface area contributed by atoms with E-state index in [0.29, 0.717) is 6.42 Å². The number of nitrogens with two attached hydrogens (primary N) is 1.